The molecule has 0 radical (unpaired) electrons. The lowest BCUT2D eigenvalue weighted by Crippen LogP contribution is -2.04. The molecule has 20 heavy (non-hydrogen) atoms. The van der Waals surface area contributed by atoms with Gasteiger partial charge < -0.3 is 10.5 Å². The maximum atomic E-state index is 5.95. The predicted octanol–water partition coefficient (Wildman–Crippen LogP) is 2.78. The molecular formula is C16H17N3O. The monoisotopic (exact) mass is 267 g/mol. The van der Waals surface area contributed by atoms with Crippen molar-refractivity contribution in [3.05, 3.63) is 53.9 Å². The molecule has 0 aliphatic heterocycles. The molecule has 0 saturated heterocycles. The van der Waals surface area contributed by atoms with Gasteiger partial charge in [0.05, 0.1) is 18.5 Å². The van der Waals surface area contributed by atoms with Crippen LogP contribution >= 0.6 is 0 Å². The third kappa shape index (κ3) is 1.94. The molecule has 4 heteroatoms. The number of hydrogen-bond donors (Lipinski definition) is 1. The SMILES string of the molecule is COc1cccc(-c2nc3cccc(C)n3c2CN)c1. The Morgan fingerprint density at radius 3 is 2.75 bits per heavy atom. The minimum atomic E-state index is 0.443. The number of imidazole rings is 1. The van der Waals surface area contributed by atoms with Crippen molar-refractivity contribution in [3.8, 4) is 17.0 Å². The molecule has 0 bridgehead atoms. The summed E-state index contributed by atoms with van der Waals surface area (Å²) in [6.45, 7) is 2.50. The van der Waals surface area contributed by atoms with E-state index in [1.165, 1.54) is 0 Å². The molecule has 3 rings (SSSR count). The van der Waals surface area contributed by atoms with E-state index in [0.29, 0.717) is 6.54 Å². The molecule has 0 spiro atoms. The van der Waals surface area contributed by atoms with Crippen molar-refractivity contribution in [2.75, 3.05) is 7.11 Å². The molecular weight excluding hydrogens is 250 g/mol. The maximum Gasteiger partial charge on any atom is 0.137 e. The van der Waals surface area contributed by atoms with Gasteiger partial charge in [0.1, 0.15) is 11.4 Å². The number of nitrogens with two attached hydrogens (primary N) is 1. The van der Waals surface area contributed by atoms with Gasteiger partial charge in [0.15, 0.2) is 0 Å². The van der Waals surface area contributed by atoms with Crippen LogP contribution in [0.3, 0.4) is 0 Å². The smallest absolute Gasteiger partial charge is 0.137 e. The van der Waals surface area contributed by atoms with Crippen LogP contribution in [-0.2, 0) is 6.54 Å². The fraction of sp³-hybridized carbons (Fsp3) is 0.188. The Morgan fingerprint density at radius 2 is 2.00 bits per heavy atom. The summed E-state index contributed by atoms with van der Waals surface area (Å²) in [6, 6.07) is 14.0. The third-order valence-corrected chi connectivity index (χ3v) is 3.47. The molecule has 2 heterocycles. The first-order valence-electron chi connectivity index (χ1n) is 6.56. The molecule has 2 aromatic heterocycles. The van der Waals surface area contributed by atoms with Crippen LogP contribution in [0.2, 0.25) is 0 Å². The zero-order valence-electron chi connectivity index (χ0n) is 11.6. The summed E-state index contributed by atoms with van der Waals surface area (Å²) < 4.78 is 7.39. The molecule has 3 aromatic rings. The van der Waals surface area contributed by atoms with Gasteiger partial charge >= 0.3 is 0 Å². The molecule has 0 atom stereocenters. The summed E-state index contributed by atoms with van der Waals surface area (Å²) in [5, 5.41) is 0. The number of fused-ring (bicyclic) bond motifs is 1. The molecule has 0 aliphatic rings. The number of aryl methyl sites for hydroxylation is 1. The van der Waals surface area contributed by atoms with Crippen LogP contribution in [0.4, 0.5) is 0 Å². The van der Waals surface area contributed by atoms with Crippen LogP contribution in [0, 0.1) is 6.92 Å². The van der Waals surface area contributed by atoms with Gasteiger partial charge in [-0.15, -0.1) is 0 Å². The van der Waals surface area contributed by atoms with Crippen molar-refractivity contribution >= 4 is 5.65 Å². The number of hydrogen-bond acceptors (Lipinski definition) is 3. The van der Waals surface area contributed by atoms with Gasteiger partial charge in [0.2, 0.25) is 0 Å². The fourth-order valence-corrected chi connectivity index (χ4v) is 2.52. The first-order chi connectivity index (χ1) is 9.74. The van der Waals surface area contributed by atoms with Crippen molar-refractivity contribution in [1.29, 1.82) is 0 Å². The lowest BCUT2D eigenvalue weighted by atomic mass is 10.1. The van der Waals surface area contributed by atoms with Crippen LogP contribution in [0.1, 0.15) is 11.4 Å². The number of nitrogens with zero attached hydrogens (tertiary/aromatic N) is 2. The Balaban J connectivity index is 2.27. The highest BCUT2D eigenvalue weighted by molar-refractivity contribution is 5.68. The third-order valence-electron chi connectivity index (χ3n) is 3.47. The van der Waals surface area contributed by atoms with Crippen molar-refractivity contribution in [2.45, 2.75) is 13.5 Å². The molecule has 2 N–H and O–H groups in total. The van der Waals surface area contributed by atoms with Gasteiger partial charge in [-0.05, 0) is 31.2 Å². The summed E-state index contributed by atoms with van der Waals surface area (Å²) in [7, 11) is 1.66. The lowest BCUT2D eigenvalue weighted by molar-refractivity contribution is 0.415. The summed E-state index contributed by atoms with van der Waals surface area (Å²) in [5.41, 5.74) is 11.0. The van der Waals surface area contributed by atoms with E-state index in [2.05, 4.69) is 17.4 Å². The lowest BCUT2D eigenvalue weighted by Gasteiger charge is -2.06. The molecule has 0 aliphatic carbocycles. The standard InChI is InChI=1S/C16H17N3O/c1-11-5-3-8-15-18-16(14(10-17)19(11)15)12-6-4-7-13(9-12)20-2/h3-9H,10,17H2,1-2H3. The van der Waals surface area contributed by atoms with E-state index in [-0.39, 0.29) is 0 Å². The second-order valence-electron chi connectivity index (χ2n) is 4.70. The normalized spacial score (nSPS) is 10.9. The Kier molecular flexibility index (Phi) is 3.16. The van der Waals surface area contributed by atoms with E-state index in [9.17, 15) is 0 Å². The summed E-state index contributed by atoms with van der Waals surface area (Å²) in [4.78, 5) is 4.72. The predicted molar refractivity (Wildman–Crippen MR) is 79.8 cm³/mol. The summed E-state index contributed by atoms with van der Waals surface area (Å²) in [6.07, 6.45) is 0. The van der Waals surface area contributed by atoms with E-state index < -0.39 is 0 Å². The van der Waals surface area contributed by atoms with E-state index in [1.54, 1.807) is 7.11 Å². The Labute approximate surface area is 117 Å². The highest BCUT2D eigenvalue weighted by Crippen LogP contribution is 2.27. The van der Waals surface area contributed by atoms with Crippen LogP contribution in [0.15, 0.2) is 42.5 Å². The average molecular weight is 267 g/mol. The van der Waals surface area contributed by atoms with E-state index in [1.807, 2.05) is 36.4 Å². The Morgan fingerprint density at radius 1 is 1.20 bits per heavy atom. The van der Waals surface area contributed by atoms with Crippen molar-refractivity contribution in [1.82, 2.24) is 9.38 Å². The second-order valence-corrected chi connectivity index (χ2v) is 4.70. The van der Waals surface area contributed by atoms with Crippen LogP contribution in [-0.4, -0.2) is 16.5 Å². The zero-order valence-corrected chi connectivity index (χ0v) is 11.6. The topological polar surface area (TPSA) is 52.5 Å². The van der Waals surface area contributed by atoms with Crippen molar-refractivity contribution in [3.63, 3.8) is 0 Å². The van der Waals surface area contributed by atoms with Crippen LogP contribution in [0.25, 0.3) is 16.9 Å². The second kappa shape index (κ2) is 4.98. The molecule has 0 fully saturated rings. The highest BCUT2D eigenvalue weighted by atomic mass is 16.5. The first-order valence-corrected chi connectivity index (χ1v) is 6.56. The number of rotatable bonds is 3. The number of aromatic nitrogens is 2. The number of ether oxygens (including phenoxy) is 1. The number of benzene rings is 1. The minimum Gasteiger partial charge on any atom is -0.497 e. The van der Waals surface area contributed by atoms with Gasteiger partial charge in [0.25, 0.3) is 0 Å². The number of methoxy groups -OCH3 is 1. The maximum absolute atomic E-state index is 5.95. The molecule has 1 aromatic carbocycles. The van der Waals surface area contributed by atoms with Gasteiger partial charge in [0, 0.05) is 17.8 Å². The van der Waals surface area contributed by atoms with Crippen LogP contribution < -0.4 is 10.5 Å². The van der Waals surface area contributed by atoms with E-state index >= 15 is 0 Å². The quantitative estimate of drug-likeness (QED) is 0.794. The Hall–Kier alpha value is -2.33. The van der Waals surface area contributed by atoms with E-state index in [4.69, 9.17) is 15.5 Å². The first kappa shape index (κ1) is 12.7. The number of pyridine rings is 1. The summed E-state index contributed by atoms with van der Waals surface area (Å²) in [5.74, 6) is 0.819. The van der Waals surface area contributed by atoms with Crippen LogP contribution in [0.5, 0.6) is 5.75 Å². The minimum absolute atomic E-state index is 0.443. The molecule has 0 saturated carbocycles. The fourth-order valence-electron chi connectivity index (χ4n) is 2.52. The van der Waals surface area contributed by atoms with Crippen molar-refractivity contribution < 1.29 is 4.74 Å². The molecule has 0 amide bonds. The van der Waals surface area contributed by atoms with Gasteiger partial charge in [-0.1, -0.05) is 18.2 Å². The zero-order chi connectivity index (χ0) is 14.1. The van der Waals surface area contributed by atoms with Crippen molar-refractivity contribution in [2.24, 2.45) is 5.73 Å². The molecule has 4 nitrogen and oxygen atoms in total. The van der Waals surface area contributed by atoms with E-state index in [0.717, 1.165) is 34.0 Å². The average Bonchev–Trinajstić information content (AvgIpc) is 2.87. The van der Waals surface area contributed by atoms with Gasteiger partial charge in [-0.25, -0.2) is 4.98 Å². The molecule has 102 valence electrons. The molecule has 0 unspecified atom stereocenters. The Bertz CT molecular complexity index is 762. The van der Waals surface area contributed by atoms with Gasteiger partial charge in [-0.2, -0.15) is 0 Å². The highest BCUT2D eigenvalue weighted by Gasteiger charge is 2.14. The van der Waals surface area contributed by atoms with Gasteiger partial charge in [-0.3, -0.25) is 4.40 Å². The summed E-state index contributed by atoms with van der Waals surface area (Å²) >= 11 is 0. The largest absolute Gasteiger partial charge is 0.497 e.